The lowest BCUT2D eigenvalue weighted by molar-refractivity contribution is 0.415. The first-order valence-corrected chi connectivity index (χ1v) is 7.60. The largest absolute Gasteiger partial charge is 0.497 e. The third kappa shape index (κ3) is 3.95. The Balaban J connectivity index is 1.95. The monoisotopic (exact) mass is 291 g/mol. The number of thiazole rings is 1. The van der Waals surface area contributed by atoms with Crippen molar-refractivity contribution in [3.05, 3.63) is 40.3 Å². The van der Waals surface area contributed by atoms with Crippen LogP contribution in [0.5, 0.6) is 5.75 Å². The number of benzene rings is 1. The minimum Gasteiger partial charge on any atom is -0.497 e. The number of ether oxygens (including phenoxy) is 1. The summed E-state index contributed by atoms with van der Waals surface area (Å²) in [6.07, 6.45) is 0. The normalized spacial score (nSPS) is 10.6. The first-order chi connectivity index (χ1) is 9.72. The van der Waals surface area contributed by atoms with Crippen LogP contribution in [-0.2, 0) is 13.1 Å². The zero-order valence-corrected chi connectivity index (χ0v) is 13.0. The summed E-state index contributed by atoms with van der Waals surface area (Å²) in [4.78, 5) is 6.82. The van der Waals surface area contributed by atoms with Crippen LogP contribution in [0.25, 0.3) is 0 Å². The molecule has 0 amide bonds. The molecule has 0 bridgehead atoms. The number of nitrogens with one attached hydrogen (secondary N) is 1. The lowest BCUT2D eigenvalue weighted by Gasteiger charge is -2.18. The highest BCUT2D eigenvalue weighted by molar-refractivity contribution is 7.09. The Labute approximate surface area is 124 Å². The summed E-state index contributed by atoms with van der Waals surface area (Å²) < 4.78 is 5.17. The molecule has 0 fully saturated rings. The van der Waals surface area contributed by atoms with Crippen molar-refractivity contribution in [2.24, 2.45) is 0 Å². The van der Waals surface area contributed by atoms with Crippen molar-refractivity contribution in [1.29, 1.82) is 0 Å². The van der Waals surface area contributed by atoms with Crippen molar-refractivity contribution in [2.75, 3.05) is 25.6 Å². The zero-order valence-electron chi connectivity index (χ0n) is 12.2. The van der Waals surface area contributed by atoms with Crippen LogP contribution in [0.2, 0.25) is 0 Å². The molecule has 2 rings (SSSR count). The molecule has 1 aromatic heterocycles. The van der Waals surface area contributed by atoms with Crippen molar-refractivity contribution in [1.82, 2.24) is 10.3 Å². The predicted octanol–water partition coefficient (Wildman–Crippen LogP) is 2.90. The summed E-state index contributed by atoms with van der Waals surface area (Å²) in [6, 6.07) is 8.07. The Morgan fingerprint density at radius 2 is 2.05 bits per heavy atom. The van der Waals surface area contributed by atoms with Crippen LogP contribution in [0.15, 0.2) is 29.6 Å². The van der Waals surface area contributed by atoms with Crippen LogP contribution >= 0.6 is 11.3 Å². The third-order valence-corrected chi connectivity index (χ3v) is 3.94. The fourth-order valence-corrected chi connectivity index (χ4v) is 2.66. The van der Waals surface area contributed by atoms with Crippen molar-refractivity contribution in [3.63, 3.8) is 0 Å². The van der Waals surface area contributed by atoms with Crippen LogP contribution < -0.4 is 15.0 Å². The lowest BCUT2D eigenvalue weighted by atomic mass is 10.2. The minimum atomic E-state index is 0.814. The minimum absolute atomic E-state index is 0.814. The Morgan fingerprint density at radius 3 is 2.70 bits per heavy atom. The lowest BCUT2D eigenvalue weighted by Crippen LogP contribution is -2.17. The molecule has 1 N–H and O–H groups in total. The summed E-state index contributed by atoms with van der Waals surface area (Å²) in [6.45, 7) is 4.75. The molecule has 0 aliphatic rings. The van der Waals surface area contributed by atoms with Gasteiger partial charge in [0.2, 0.25) is 0 Å². The number of methoxy groups -OCH3 is 1. The van der Waals surface area contributed by atoms with Gasteiger partial charge >= 0.3 is 0 Å². The average molecular weight is 291 g/mol. The summed E-state index contributed by atoms with van der Waals surface area (Å²) in [5, 5.41) is 6.57. The smallest absolute Gasteiger partial charge is 0.119 e. The van der Waals surface area contributed by atoms with E-state index in [9.17, 15) is 0 Å². The van der Waals surface area contributed by atoms with E-state index in [4.69, 9.17) is 4.74 Å². The number of rotatable bonds is 7. The van der Waals surface area contributed by atoms with E-state index in [2.05, 4.69) is 46.7 Å². The molecule has 5 heteroatoms. The molecule has 0 atom stereocenters. The zero-order chi connectivity index (χ0) is 14.4. The van der Waals surface area contributed by atoms with E-state index in [0.29, 0.717) is 0 Å². The molecule has 1 aromatic carbocycles. The second-order valence-corrected chi connectivity index (χ2v) is 5.51. The molecule has 4 nitrogen and oxygen atoms in total. The molecule has 20 heavy (non-hydrogen) atoms. The van der Waals surface area contributed by atoms with Gasteiger partial charge in [-0.25, -0.2) is 4.98 Å². The van der Waals surface area contributed by atoms with Gasteiger partial charge in [0.25, 0.3) is 0 Å². The number of aromatic nitrogens is 1. The fourth-order valence-electron chi connectivity index (χ4n) is 1.91. The Hall–Kier alpha value is -1.59. The fraction of sp³-hybridized carbons (Fsp3) is 0.400. The second kappa shape index (κ2) is 7.26. The number of anilines is 1. The predicted molar refractivity (Wildman–Crippen MR) is 84.6 cm³/mol. The Morgan fingerprint density at radius 1 is 1.30 bits per heavy atom. The van der Waals surface area contributed by atoms with Crippen LogP contribution in [0.1, 0.15) is 17.6 Å². The van der Waals surface area contributed by atoms with E-state index < -0.39 is 0 Å². The van der Waals surface area contributed by atoms with Crippen LogP contribution in [-0.4, -0.2) is 25.7 Å². The number of hydrogen-bond donors (Lipinski definition) is 1. The van der Waals surface area contributed by atoms with Gasteiger partial charge in [0, 0.05) is 24.7 Å². The quantitative estimate of drug-likeness (QED) is 0.851. The van der Waals surface area contributed by atoms with Crippen molar-refractivity contribution in [3.8, 4) is 5.75 Å². The van der Waals surface area contributed by atoms with Gasteiger partial charge in [-0.3, -0.25) is 0 Å². The molecular weight excluding hydrogens is 270 g/mol. The van der Waals surface area contributed by atoms with Crippen LogP contribution in [0.3, 0.4) is 0 Å². The highest BCUT2D eigenvalue weighted by Gasteiger charge is 2.06. The van der Waals surface area contributed by atoms with Crippen molar-refractivity contribution < 1.29 is 4.74 Å². The van der Waals surface area contributed by atoms with Gasteiger partial charge in [-0.2, -0.15) is 0 Å². The van der Waals surface area contributed by atoms with Gasteiger partial charge in [0.05, 0.1) is 19.3 Å². The van der Waals surface area contributed by atoms with Gasteiger partial charge in [-0.05, 0) is 30.8 Å². The SMILES string of the molecule is CCNCc1nc(CN(C)c2ccc(OC)cc2)cs1. The standard InChI is InChI=1S/C15H21N3OS/c1-4-16-9-15-17-12(11-20-15)10-18(2)13-5-7-14(19-3)8-6-13/h5-8,11,16H,4,9-10H2,1-3H3. The molecule has 0 aliphatic carbocycles. The summed E-state index contributed by atoms with van der Waals surface area (Å²) in [7, 11) is 3.75. The summed E-state index contributed by atoms with van der Waals surface area (Å²) in [5.74, 6) is 0.878. The first kappa shape index (κ1) is 14.8. The van der Waals surface area contributed by atoms with E-state index in [1.165, 1.54) is 0 Å². The van der Waals surface area contributed by atoms with Crippen LogP contribution in [0.4, 0.5) is 5.69 Å². The van der Waals surface area contributed by atoms with Gasteiger partial charge in [-0.1, -0.05) is 6.92 Å². The Bertz CT molecular complexity index is 524. The van der Waals surface area contributed by atoms with Gasteiger partial charge in [0.15, 0.2) is 0 Å². The van der Waals surface area contributed by atoms with E-state index in [0.717, 1.165) is 41.8 Å². The molecule has 0 radical (unpaired) electrons. The maximum Gasteiger partial charge on any atom is 0.119 e. The first-order valence-electron chi connectivity index (χ1n) is 6.72. The molecule has 0 saturated heterocycles. The number of hydrogen-bond acceptors (Lipinski definition) is 5. The highest BCUT2D eigenvalue weighted by Crippen LogP contribution is 2.20. The average Bonchev–Trinajstić information content (AvgIpc) is 2.92. The van der Waals surface area contributed by atoms with E-state index in [-0.39, 0.29) is 0 Å². The van der Waals surface area contributed by atoms with E-state index in [1.54, 1.807) is 18.4 Å². The summed E-state index contributed by atoms with van der Waals surface area (Å²) in [5.41, 5.74) is 2.27. The van der Waals surface area contributed by atoms with E-state index in [1.807, 2.05) is 12.1 Å². The Kier molecular flexibility index (Phi) is 5.38. The molecule has 0 unspecified atom stereocenters. The molecule has 0 spiro atoms. The highest BCUT2D eigenvalue weighted by atomic mass is 32.1. The summed E-state index contributed by atoms with van der Waals surface area (Å²) >= 11 is 1.71. The molecule has 1 heterocycles. The van der Waals surface area contributed by atoms with Gasteiger partial charge in [0.1, 0.15) is 10.8 Å². The molecule has 0 aliphatic heterocycles. The second-order valence-electron chi connectivity index (χ2n) is 4.57. The molecule has 2 aromatic rings. The van der Waals surface area contributed by atoms with E-state index >= 15 is 0 Å². The molecule has 0 saturated carbocycles. The third-order valence-electron chi connectivity index (χ3n) is 3.04. The molecular formula is C15H21N3OS. The van der Waals surface area contributed by atoms with Crippen molar-refractivity contribution in [2.45, 2.75) is 20.0 Å². The van der Waals surface area contributed by atoms with Gasteiger partial charge < -0.3 is 15.0 Å². The topological polar surface area (TPSA) is 37.4 Å². The van der Waals surface area contributed by atoms with Gasteiger partial charge in [-0.15, -0.1) is 11.3 Å². The van der Waals surface area contributed by atoms with Crippen LogP contribution in [0, 0.1) is 0 Å². The maximum absolute atomic E-state index is 5.17. The number of nitrogens with zero attached hydrogens (tertiary/aromatic N) is 2. The molecule has 108 valence electrons. The maximum atomic E-state index is 5.17. The van der Waals surface area contributed by atoms with Crippen molar-refractivity contribution >= 4 is 17.0 Å².